The third-order valence-electron chi connectivity index (χ3n) is 3.32. The van der Waals surface area contributed by atoms with E-state index in [-0.39, 0.29) is 5.91 Å². The second-order valence-corrected chi connectivity index (χ2v) is 5.12. The number of amides is 1. The minimum Gasteiger partial charge on any atom is -0.497 e. The van der Waals surface area contributed by atoms with Gasteiger partial charge < -0.3 is 10.1 Å². The minimum atomic E-state index is -0.168. The Balaban J connectivity index is 1.89. The summed E-state index contributed by atoms with van der Waals surface area (Å²) in [5, 5.41) is 3.34. The first-order valence-electron chi connectivity index (χ1n) is 6.75. The van der Waals surface area contributed by atoms with E-state index in [9.17, 15) is 4.79 Å². The SMILES string of the molecule is COc1ccc(N2C(=O)/C(=C\c3ccccc3)NC2=S)cc1. The summed E-state index contributed by atoms with van der Waals surface area (Å²) in [4.78, 5) is 14.0. The van der Waals surface area contributed by atoms with Gasteiger partial charge in [0.2, 0.25) is 0 Å². The highest BCUT2D eigenvalue weighted by molar-refractivity contribution is 7.80. The number of nitrogens with zero attached hydrogens (tertiary/aromatic N) is 1. The van der Waals surface area contributed by atoms with Crippen LogP contribution in [0.25, 0.3) is 6.08 Å². The molecule has 1 aliphatic rings. The van der Waals surface area contributed by atoms with Crippen LogP contribution in [0.4, 0.5) is 5.69 Å². The van der Waals surface area contributed by atoms with E-state index in [0.717, 1.165) is 11.3 Å². The maximum atomic E-state index is 12.6. The van der Waals surface area contributed by atoms with Gasteiger partial charge in [0.05, 0.1) is 12.8 Å². The normalized spacial score (nSPS) is 16.0. The van der Waals surface area contributed by atoms with Crippen LogP contribution in [-0.4, -0.2) is 18.1 Å². The molecule has 1 N–H and O–H groups in total. The maximum Gasteiger partial charge on any atom is 0.281 e. The molecule has 1 amide bonds. The fourth-order valence-corrected chi connectivity index (χ4v) is 2.52. The van der Waals surface area contributed by atoms with Gasteiger partial charge in [-0.05, 0) is 48.1 Å². The van der Waals surface area contributed by atoms with Crippen molar-refractivity contribution in [1.82, 2.24) is 5.32 Å². The average Bonchev–Trinajstić information content (AvgIpc) is 2.82. The molecule has 1 fully saturated rings. The topological polar surface area (TPSA) is 41.6 Å². The minimum absolute atomic E-state index is 0.168. The molecule has 2 aromatic carbocycles. The van der Waals surface area contributed by atoms with Crippen molar-refractivity contribution in [1.29, 1.82) is 0 Å². The Kier molecular flexibility index (Phi) is 3.89. The first-order chi connectivity index (χ1) is 10.7. The van der Waals surface area contributed by atoms with Gasteiger partial charge in [-0.3, -0.25) is 9.69 Å². The standard InChI is InChI=1S/C17H14N2O2S/c1-21-14-9-7-13(8-10-14)19-16(20)15(18-17(19)22)11-12-5-3-2-4-6-12/h2-11H,1H3,(H,18,22)/b15-11+. The zero-order valence-electron chi connectivity index (χ0n) is 11.9. The molecule has 3 rings (SSSR count). The van der Waals surface area contributed by atoms with Crippen LogP contribution in [0.2, 0.25) is 0 Å². The number of rotatable bonds is 3. The number of methoxy groups -OCH3 is 1. The second-order valence-electron chi connectivity index (χ2n) is 4.74. The quantitative estimate of drug-likeness (QED) is 0.699. The lowest BCUT2D eigenvalue weighted by molar-refractivity contribution is -0.113. The van der Waals surface area contributed by atoms with Crippen LogP contribution >= 0.6 is 12.2 Å². The smallest absolute Gasteiger partial charge is 0.281 e. The molecule has 22 heavy (non-hydrogen) atoms. The molecule has 1 aliphatic heterocycles. The van der Waals surface area contributed by atoms with Crippen molar-refractivity contribution in [3.8, 4) is 5.75 Å². The Labute approximate surface area is 134 Å². The van der Waals surface area contributed by atoms with E-state index >= 15 is 0 Å². The molecule has 0 saturated carbocycles. The number of carbonyl (C=O) groups is 1. The Morgan fingerprint density at radius 3 is 2.41 bits per heavy atom. The molecule has 0 spiro atoms. The molecule has 0 radical (unpaired) electrons. The van der Waals surface area contributed by atoms with E-state index in [1.807, 2.05) is 30.3 Å². The van der Waals surface area contributed by atoms with Crippen molar-refractivity contribution in [2.45, 2.75) is 0 Å². The zero-order valence-corrected chi connectivity index (χ0v) is 12.8. The summed E-state index contributed by atoms with van der Waals surface area (Å²) in [6.45, 7) is 0. The highest BCUT2D eigenvalue weighted by atomic mass is 32.1. The molecule has 0 bridgehead atoms. The number of hydrogen-bond donors (Lipinski definition) is 1. The first-order valence-corrected chi connectivity index (χ1v) is 7.16. The molecule has 0 atom stereocenters. The predicted molar refractivity (Wildman–Crippen MR) is 90.6 cm³/mol. The van der Waals surface area contributed by atoms with Gasteiger partial charge in [0, 0.05) is 0 Å². The van der Waals surface area contributed by atoms with Gasteiger partial charge in [0.15, 0.2) is 5.11 Å². The average molecular weight is 310 g/mol. The van der Waals surface area contributed by atoms with Gasteiger partial charge in [-0.1, -0.05) is 30.3 Å². The number of carbonyl (C=O) groups excluding carboxylic acids is 1. The number of thiocarbonyl (C=S) groups is 1. The number of nitrogens with one attached hydrogen (secondary N) is 1. The van der Waals surface area contributed by atoms with E-state index in [0.29, 0.717) is 16.5 Å². The Bertz CT molecular complexity index is 739. The predicted octanol–water partition coefficient (Wildman–Crippen LogP) is 2.96. The van der Waals surface area contributed by atoms with Gasteiger partial charge in [0.1, 0.15) is 11.4 Å². The molecule has 0 unspecified atom stereocenters. The van der Waals surface area contributed by atoms with E-state index in [4.69, 9.17) is 17.0 Å². The highest BCUT2D eigenvalue weighted by Crippen LogP contribution is 2.24. The maximum absolute atomic E-state index is 12.6. The first kappa shape index (κ1) is 14.3. The Morgan fingerprint density at radius 2 is 1.77 bits per heavy atom. The van der Waals surface area contributed by atoms with Gasteiger partial charge in [0.25, 0.3) is 5.91 Å². The van der Waals surface area contributed by atoms with E-state index in [2.05, 4.69) is 5.32 Å². The summed E-state index contributed by atoms with van der Waals surface area (Å²) < 4.78 is 5.12. The van der Waals surface area contributed by atoms with Crippen LogP contribution in [0.15, 0.2) is 60.3 Å². The van der Waals surface area contributed by atoms with Crippen molar-refractivity contribution < 1.29 is 9.53 Å². The van der Waals surface area contributed by atoms with E-state index in [1.54, 1.807) is 37.5 Å². The van der Waals surface area contributed by atoms with Gasteiger partial charge in [-0.15, -0.1) is 0 Å². The second kappa shape index (κ2) is 5.99. The molecule has 110 valence electrons. The van der Waals surface area contributed by atoms with E-state index < -0.39 is 0 Å². The van der Waals surface area contributed by atoms with Crippen molar-refractivity contribution in [3.63, 3.8) is 0 Å². The van der Waals surface area contributed by atoms with Gasteiger partial charge >= 0.3 is 0 Å². The van der Waals surface area contributed by atoms with Gasteiger partial charge in [-0.2, -0.15) is 0 Å². The van der Waals surface area contributed by atoms with Crippen LogP contribution in [0, 0.1) is 0 Å². The molecule has 5 heteroatoms. The third kappa shape index (κ3) is 2.71. The van der Waals surface area contributed by atoms with Crippen LogP contribution in [0.3, 0.4) is 0 Å². The number of ether oxygens (including phenoxy) is 1. The third-order valence-corrected chi connectivity index (χ3v) is 3.60. The molecule has 1 saturated heterocycles. The van der Waals surface area contributed by atoms with E-state index in [1.165, 1.54) is 4.90 Å². The summed E-state index contributed by atoms with van der Waals surface area (Å²) in [6, 6.07) is 16.8. The molecule has 1 heterocycles. The molecular formula is C17H14N2O2S. The fourth-order valence-electron chi connectivity index (χ4n) is 2.22. The molecule has 0 aliphatic carbocycles. The number of hydrogen-bond acceptors (Lipinski definition) is 3. The molecular weight excluding hydrogens is 296 g/mol. The summed E-state index contributed by atoms with van der Waals surface area (Å²) in [6.07, 6.45) is 1.79. The monoisotopic (exact) mass is 310 g/mol. The molecule has 4 nitrogen and oxygen atoms in total. The van der Waals surface area contributed by atoms with Gasteiger partial charge in [-0.25, -0.2) is 0 Å². The van der Waals surface area contributed by atoms with Crippen molar-refractivity contribution in [3.05, 3.63) is 65.9 Å². The lowest BCUT2D eigenvalue weighted by Gasteiger charge is -2.14. The highest BCUT2D eigenvalue weighted by Gasteiger charge is 2.31. The lowest BCUT2D eigenvalue weighted by Crippen LogP contribution is -2.30. The summed E-state index contributed by atoms with van der Waals surface area (Å²) in [5.74, 6) is 0.563. The lowest BCUT2D eigenvalue weighted by atomic mass is 10.2. The largest absolute Gasteiger partial charge is 0.497 e. The summed E-state index contributed by atoms with van der Waals surface area (Å²) in [7, 11) is 1.60. The van der Waals surface area contributed by atoms with Crippen molar-refractivity contribution in [2.24, 2.45) is 0 Å². The van der Waals surface area contributed by atoms with Crippen LogP contribution in [0.1, 0.15) is 5.56 Å². The molecule has 0 aromatic heterocycles. The zero-order chi connectivity index (χ0) is 15.5. The molecule has 2 aromatic rings. The van der Waals surface area contributed by atoms with Crippen molar-refractivity contribution in [2.75, 3.05) is 12.0 Å². The Hall–Kier alpha value is -2.66. The number of anilines is 1. The fraction of sp³-hybridized carbons (Fsp3) is 0.0588. The van der Waals surface area contributed by atoms with Crippen LogP contribution < -0.4 is 15.0 Å². The van der Waals surface area contributed by atoms with Crippen molar-refractivity contribution >= 4 is 35.0 Å². The number of benzene rings is 2. The summed E-state index contributed by atoms with van der Waals surface area (Å²) >= 11 is 5.28. The van der Waals surface area contributed by atoms with Crippen LogP contribution in [-0.2, 0) is 4.79 Å². The van der Waals surface area contributed by atoms with Crippen LogP contribution in [0.5, 0.6) is 5.75 Å². The Morgan fingerprint density at radius 1 is 1.09 bits per heavy atom. The summed E-state index contributed by atoms with van der Waals surface area (Å²) in [5.41, 5.74) is 2.12.